The summed E-state index contributed by atoms with van der Waals surface area (Å²) in [7, 11) is 0. The summed E-state index contributed by atoms with van der Waals surface area (Å²) in [5.74, 6) is 3.53. The van der Waals surface area contributed by atoms with E-state index in [1.807, 2.05) is 43.0 Å². The van der Waals surface area contributed by atoms with E-state index in [1.54, 1.807) is 0 Å². The van der Waals surface area contributed by atoms with Crippen LogP contribution in [0.5, 0.6) is 5.75 Å². The van der Waals surface area contributed by atoms with Gasteiger partial charge in [0.2, 0.25) is 0 Å². The molecule has 17 heavy (non-hydrogen) atoms. The van der Waals surface area contributed by atoms with E-state index in [-0.39, 0.29) is 12.5 Å². The van der Waals surface area contributed by atoms with E-state index in [4.69, 9.17) is 9.84 Å². The van der Waals surface area contributed by atoms with Gasteiger partial charge in [-0.1, -0.05) is 19.1 Å². The molecule has 1 aromatic rings. The largest absolute Gasteiger partial charge is 0.490 e. The highest BCUT2D eigenvalue weighted by Gasteiger charge is 2.15. The molecule has 1 N–H and O–H groups in total. The van der Waals surface area contributed by atoms with E-state index >= 15 is 0 Å². The second-order valence-electron chi connectivity index (χ2n) is 4.61. The van der Waals surface area contributed by atoms with E-state index in [9.17, 15) is 0 Å². The number of ether oxygens (including phenoxy) is 1. The number of benzene rings is 1. The average molecular weight is 252 g/mol. The minimum absolute atomic E-state index is 0.194. The van der Waals surface area contributed by atoms with Crippen LogP contribution in [-0.4, -0.2) is 29.3 Å². The molecule has 1 fully saturated rings. The fraction of sp³-hybridized carbons (Fsp3) is 0.571. The van der Waals surface area contributed by atoms with Crippen LogP contribution in [0.2, 0.25) is 0 Å². The van der Waals surface area contributed by atoms with Crippen LogP contribution in [0.15, 0.2) is 24.3 Å². The van der Waals surface area contributed by atoms with E-state index in [2.05, 4.69) is 0 Å². The second-order valence-corrected chi connectivity index (χ2v) is 5.76. The number of rotatable bonds is 4. The van der Waals surface area contributed by atoms with Crippen molar-refractivity contribution in [1.29, 1.82) is 0 Å². The number of thioether (sulfide) groups is 1. The lowest BCUT2D eigenvalue weighted by molar-refractivity contribution is 0.211. The SMILES string of the molecule is CC(CO)c1ccc(OC2CCCSC2)cc1. The maximum atomic E-state index is 9.08. The summed E-state index contributed by atoms with van der Waals surface area (Å²) in [5, 5.41) is 9.08. The molecular formula is C14H20O2S. The number of hydrogen-bond acceptors (Lipinski definition) is 3. The molecule has 0 radical (unpaired) electrons. The maximum absolute atomic E-state index is 9.08. The summed E-state index contributed by atoms with van der Waals surface area (Å²) in [6, 6.07) is 8.12. The third-order valence-corrected chi connectivity index (χ3v) is 4.33. The first-order valence-electron chi connectivity index (χ1n) is 6.25. The second kappa shape index (κ2) is 6.31. The summed E-state index contributed by atoms with van der Waals surface area (Å²) in [6.07, 6.45) is 2.80. The van der Waals surface area contributed by atoms with Gasteiger partial charge in [0, 0.05) is 18.3 Å². The van der Waals surface area contributed by atoms with Crippen molar-refractivity contribution >= 4 is 11.8 Å². The van der Waals surface area contributed by atoms with Crippen molar-refractivity contribution in [2.45, 2.75) is 31.8 Å². The highest BCUT2D eigenvalue weighted by molar-refractivity contribution is 7.99. The van der Waals surface area contributed by atoms with E-state index in [0.29, 0.717) is 6.10 Å². The Bertz CT molecular complexity index is 331. The quantitative estimate of drug-likeness (QED) is 0.893. The molecule has 1 aromatic carbocycles. The molecule has 2 atom stereocenters. The predicted octanol–water partition coefficient (Wildman–Crippen LogP) is 3.06. The van der Waals surface area contributed by atoms with Crippen molar-refractivity contribution in [1.82, 2.24) is 0 Å². The zero-order valence-electron chi connectivity index (χ0n) is 10.3. The van der Waals surface area contributed by atoms with Crippen LogP contribution in [0.25, 0.3) is 0 Å². The van der Waals surface area contributed by atoms with Crippen LogP contribution in [-0.2, 0) is 0 Å². The van der Waals surface area contributed by atoms with Gasteiger partial charge in [0.05, 0.1) is 0 Å². The molecule has 0 aromatic heterocycles. The highest BCUT2D eigenvalue weighted by atomic mass is 32.2. The molecule has 2 unspecified atom stereocenters. The Morgan fingerprint density at radius 3 is 2.76 bits per heavy atom. The molecule has 3 heteroatoms. The molecule has 2 nitrogen and oxygen atoms in total. The van der Waals surface area contributed by atoms with Gasteiger partial charge in [-0.25, -0.2) is 0 Å². The van der Waals surface area contributed by atoms with Crippen molar-refractivity contribution in [2.75, 3.05) is 18.1 Å². The number of aliphatic hydroxyl groups excluding tert-OH is 1. The van der Waals surface area contributed by atoms with Gasteiger partial charge in [0.25, 0.3) is 0 Å². The van der Waals surface area contributed by atoms with Gasteiger partial charge in [-0.3, -0.25) is 0 Å². The fourth-order valence-corrected chi connectivity index (χ4v) is 3.01. The Morgan fingerprint density at radius 2 is 2.18 bits per heavy atom. The van der Waals surface area contributed by atoms with Gasteiger partial charge in [0.1, 0.15) is 11.9 Å². The molecule has 0 saturated carbocycles. The predicted molar refractivity (Wildman–Crippen MR) is 72.9 cm³/mol. The Labute approximate surface area is 107 Å². The van der Waals surface area contributed by atoms with Gasteiger partial charge in [-0.05, 0) is 36.3 Å². The first kappa shape index (κ1) is 12.8. The van der Waals surface area contributed by atoms with Gasteiger partial charge in [0.15, 0.2) is 0 Å². The molecule has 0 bridgehead atoms. The van der Waals surface area contributed by atoms with E-state index < -0.39 is 0 Å². The molecule has 0 aliphatic carbocycles. The summed E-state index contributed by atoms with van der Waals surface area (Å²) in [6.45, 7) is 2.22. The van der Waals surface area contributed by atoms with E-state index in [1.165, 1.54) is 18.6 Å². The Morgan fingerprint density at radius 1 is 1.41 bits per heavy atom. The van der Waals surface area contributed by atoms with Crippen molar-refractivity contribution in [3.05, 3.63) is 29.8 Å². The first-order valence-corrected chi connectivity index (χ1v) is 7.40. The minimum Gasteiger partial charge on any atom is -0.490 e. The van der Waals surface area contributed by atoms with E-state index in [0.717, 1.165) is 17.1 Å². The van der Waals surface area contributed by atoms with Gasteiger partial charge in [-0.2, -0.15) is 11.8 Å². The Kier molecular flexibility index (Phi) is 4.75. The number of aliphatic hydroxyl groups is 1. The fourth-order valence-electron chi connectivity index (χ4n) is 1.98. The maximum Gasteiger partial charge on any atom is 0.119 e. The molecule has 1 aliphatic rings. The molecule has 0 amide bonds. The molecule has 1 heterocycles. The molecule has 2 rings (SSSR count). The zero-order chi connectivity index (χ0) is 12.1. The molecular weight excluding hydrogens is 232 g/mol. The smallest absolute Gasteiger partial charge is 0.119 e. The number of hydrogen-bond donors (Lipinski definition) is 1. The summed E-state index contributed by atoms with van der Waals surface area (Å²) in [4.78, 5) is 0. The molecule has 1 saturated heterocycles. The molecule has 94 valence electrons. The lowest BCUT2D eigenvalue weighted by atomic mass is 10.0. The van der Waals surface area contributed by atoms with Crippen LogP contribution in [0.4, 0.5) is 0 Å². The average Bonchev–Trinajstić information content (AvgIpc) is 2.40. The standard InChI is InChI=1S/C14H20O2S/c1-11(9-15)12-4-6-13(7-5-12)16-14-3-2-8-17-10-14/h4-7,11,14-15H,2-3,8-10H2,1H3. The summed E-state index contributed by atoms with van der Waals surface area (Å²) < 4.78 is 5.94. The minimum atomic E-state index is 0.194. The van der Waals surface area contributed by atoms with Crippen LogP contribution in [0, 0.1) is 0 Å². The normalized spacial score (nSPS) is 22.1. The van der Waals surface area contributed by atoms with Crippen molar-refractivity contribution in [3.63, 3.8) is 0 Å². The topological polar surface area (TPSA) is 29.5 Å². The Balaban J connectivity index is 1.93. The van der Waals surface area contributed by atoms with Crippen molar-refractivity contribution < 1.29 is 9.84 Å². The third-order valence-electron chi connectivity index (χ3n) is 3.14. The summed E-state index contributed by atoms with van der Waals surface area (Å²) in [5.41, 5.74) is 1.16. The molecule has 0 spiro atoms. The Hall–Kier alpha value is -0.670. The van der Waals surface area contributed by atoms with Crippen LogP contribution >= 0.6 is 11.8 Å². The van der Waals surface area contributed by atoms with Gasteiger partial charge < -0.3 is 9.84 Å². The van der Waals surface area contributed by atoms with Crippen LogP contribution in [0.3, 0.4) is 0 Å². The lowest BCUT2D eigenvalue weighted by Gasteiger charge is -2.22. The van der Waals surface area contributed by atoms with Crippen LogP contribution < -0.4 is 4.74 Å². The monoisotopic (exact) mass is 252 g/mol. The third kappa shape index (κ3) is 3.65. The van der Waals surface area contributed by atoms with Crippen molar-refractivity contribution in [2.24, 2.45) is 0 Å². The molecule has 1 aliphatic heterocycles. The highest BCUT2D eigenvalue weighted by Crippen LogP contribution is 2.24. The van der Waals surface area contributed by atoms with Crippen LogP contribution in [0.1, 0.15) is 31.2 Å². The first-order chi connectivity index (χ1) is 8.29. The zero-order valence-corrected chi connectivity index (χ0v) is 11.1. The summed E-state index contributed by atoms with van der Waals surface area (Å²) >= 11 is 1.98. The lowest BCUT2D eigenvalue weighted by Crippen LogP contribution is -2.23. The van der Waals surface area contributed by atoms with Gasteiger partial charge >= 0.3 is 0 Å². The van der Waals surface area contributed by atoms with Crippen molar-refractivity contribution in [3.8, 4) is 5.75 Å². The van der Waals surface area contributed by atoms with Gasteiger partial charge in [-0.15, -0.1) is 0 Å².